The van der Waals surface area contributed by atoms with Gasteiger partial charge < -0.3 is 19.9 Å². The zero-order chi connectivity index (χ0) is 23.7. The maximum Gasteiger partial charge on any atom is 0.266 e. The van der Waals surface area contributed by atoms with Gasteiger partial charge in [-0.15, -0.1) is 5.10 Å². The molecule has 1 aliphatic heterocycles. The van der Waals surface area contributed by atoms with E-state index in [1.54, 1.807) is 4.52 Å². The summed E-state index contributed by atoms with van der Waals surface area (Å²) >= 11 is 0. The number of nitrogens with zero attached hydrogens (tertiary/aromatic N) is 6. The van der Waals surface area contributed by atoms with Crippen LogP contribution in [0.15, 0.2) is 54.7 Å². The molecule has 1 amide bonds. The van der Waals surface area contributed by atoms with E-state index in [4.69, 9.17) is 9.72 Å². The maximum absolute atomic E-state index is 13.2. The van der Waals surface area contributed by atoms with Crippen molar-refractivity contribution in [2.75, 3.05) is 36.4 Å². The molecule has 0 aliphatic carbocycles. The van der Waals surface area contributed by atoms with Crippen LogP contribution in [0.5, 0.6) is 5.75 Å². The first-order valence-electron chi connectivity index (χ1n) is 11.3. The average Bonchev–Trinajstić information content (AvgIpc) is 3.48. The molecule has 1 fully saturated rings. The molecule has 0 unspecified atom stereocenters. The summed E-state index contributed by atoms with van der Waals surface area (Å²) < 4.78 is 7.80. The van der Waals surface area contributed by atoms with Crippen molar-refractivity contribution in [3.8, 4) is 5.75 Å². The van der Waals surface area contributed by atoms with Gasteiger partial charge >= 0.3 is 0 Å². The Morgan fingerprint density at radius 3 is 2.56 bits per heavy atom. The van der Waals surface area contributed by atoms with Crippen molar-refractivity contribution >= 4 is 29.0 Å². The highest BCUT2D eigenvalue weighted by atomic mass is 16.5. The molecule has 1 aromatic carbocycles. The third-order valence-electron chi connectivity index (χ3n) is 5.81. The first kappa shape index (κ1) is 21.7. The fraction of sp³-hybridized carbons (Fsp3) is 0.333. The van der Waals surface area contributed by atoms with Crippen LogP contribution in [0.25, 0.3) is 5.52 Å². The standard InChI is InChI=1S/C24H28N8O2/c1-17-16-20(28-27-17)25-21-19-10-7-11-32(19)29-23(26-21)31-14-12-30(13-15-31)22(33)24(2,3)34-18-8-5-4-6-9-18/h4-11,16H,12-15H2,1-3H3,(H2,25,26,27,28,29). The van der Waals surface area contributed by atoms with Crippen molar-refractivity contribution < 1.29 is 9.53 Å². The summed E-state index contributed by atoms with van der Waals surface area (Å²) in [4.78, 5) is 21.9. The van der Waals surface area contributed by atoms with Crippen LogP contribution in [0.3, 0.4) is 0 Å². The van der Waals surface area contributed by atoms with E-state index in [0.717, 1.165) is 11.2 Å². The van der Waals surface area contributed by atoms with E-state index in [1.807, 2.05) is 80.4 Å². The third-order valence-corrected chi connectivity index (χ3v) is 5.81. The molecular formula is C24H28N8O2. The minimum atomic E-state index is -0.956. The van der Waals surface area contributed by atoms with Crippen LogP contribution in [0.4, 0.5) is 17.6 Å². The first-order valence-corrected chi connectivity index (χ1v) is 11.3. The fourth-order valence-corrected chi connectivity index (χ4v) is 4.07. The molecule has 0 radical (unpaired) electrons. The zero-order valence-electron chi connectivity index (χ0n) is 19.5. The molecule has 5 rings (SSSR count). The first-order chi connectivity index (χ1) is 16.4. The van der Waals surface area contributed by atoms with Gasteiger partial charge in [-0.05, 0) is 45.0 Å². The Bertz CT molecular complexity index is 1290. The second kappa shape index (κ2) is 8.69. The number of benzene rings is 1. The molecule has 0 atom stereocenters. The van der Waals surface area contributed by atoms with Crippen molar-refractivity contribution in [3.63, 3.8) is 0 Å². The van der Waals surface area contributed by atoms with Crippen LogP contribution in [-0.4, -0.2) is 67.4 Å². The Labute approximate surface area is 197 Å². The minimum Gasteiger partial charge on any atom is -0.478 e. The SMILES string of the molecule is Cc1cc(Nc2nc(N3CCN(C(=O)C(C)(C)Oc4ccccc4)CC3)nn3cccc23)n[nH]1. The summed E-state index contributed by atoms with van der Waals surface area (Å²) in [6, 6.07) is 15.2. The van der Waals surface area contributed by atoms with Crippen molar-refractivity contribution in [1.82, 2.24) is 29.7 Å². The molecule has 34 heavy (non-hydrogen) atoms. The molecular weight excluding hydrogens is 432 g/mol. The number of aromatic amines is 1. The van der Waals surface area contributed by atoms with E-state index in [9.17, 15) is 4.79 Å². The zero-order valence-corrected chi connectivity index (χ0v) is 19.5. The van der Waals surface area contributed by atoms with E-state index >= 15 is 0 Å². The third kappa shape index (κ3) is 4.39. The number of hydrogen-bond acceptors (Lipinski definition) is 7. The summed E-state index contributed by atoms with van der Waals surface area (Å²) in [5.41, 5.74) is 0.865. The van der Waals surface area contributed by atoms with Crippen molar-refractivity contribution in [1.29, 1.82) is 0 Å². The number of carbonyl (C=O) groups is 1. The number of piperazine rings is 1. The molecule has 3 aromatic heterocycles. The van der Waals surface area contributed by atoms with Crippen molar-refractivity contribution in [3.05, 3.63) is 60.4 Å². The van der Waals surface area contributed by atoms with Crippen LogP contribution in [0, 0.1) is 6.92 Å². The Hall–Kier alpha value is -4.08. The molecule has 0 bridgehead atoms. The predicted molar refractivity (Wildman–Crippen MR) is 130 cm³/mol. The molecule has 1 aliphatic rings. The molecule has 10 nitrogen and oxygen atoms in total. The Balaban J connectivity index is 1.29. The normalized spacial score (nSPS) is 14.4. The molecule has 0 saturated carbocycles. The monoisotopic (exact) mass is 460 g/mol. The highest BCUT2D eigenvalue weighted by molar-refractivity contribution is 5.85. The number of aromatic nitrogens is 5. The smallest absolute Gasteiger partial charge is 0.266 e. The highest BCUT2D eigenvalue weighted by Crippen LogP contribution is 2.24. The van der Waals surface area contributed by atoms with E-state index in [-0.39, 0.29) is 5.91 Å². The topological polar surface area (TPSA) is 104 Å². The van der Waals surface area contributed by atoms with E-state index in [1.165, 1.54) is 0 Å². The molecule has 1 saturated heterocycles. The van der Waals surface area contributed by atoms with Crippen molar-refractivity contribution in [2.24, 2.45) is 0 Å². The number of nitrogens with one attached hydrogen (secondary N) is 2. The number of rotatable bonds is 6. The van der Waals surface area contributed by atoms with Crippen LogP contribution < -0.4 is 15.0 Å². The number of carbonyl (C=O) groups excluding carboxylic acids is 1. The lowest BCUT2D eigenvalue weighted by Gasteiger charge is -2.38. The lowest BCUT2D eigenvalue weighted by Crippen LogP contribution is -2.56. The Kier molecular flexibility index (Phi) is 5.56. The molecule has 4 heterocycles. The van der Waals surface area contributed by atoms with Gasteiger partial charge in [-0.25, -0.2) is 4.52 Å². The highest BCUT2D eigenvalue weighted by Gasteiger charge is 2.36. The van der Waals surface area contributed by atoms with Gasteiger partial charge in [-0.2, -0.15) is 10.1 Å². The van der Waals surface area contributed by atoms with Gasteiger partial charge in [0.1, 0.15) is 11.3 Å². The number of aryl methyl sites for hydroxylation is 1. The molecule has 2 N–H and O–H groups in total. The summed E-state index contributed by atoms with van der Waals surface area (Å²) in [6.07, 6.45) is 1.89. The van der Waals surface area contributed by atoms with Gasteiger partial charge in [0.05, 0.1) is 0 Å². The molecule has 4 aromatic rings. The van der Waals surface area contributed by atoms with Gasteiger partial charge in [0.25, 0.3) is 5.91 Å². The predicted octanol–water partition coefficient (Wildman–Crippen LogP) is 3.01. The number of para-hydroxylation sites is 1. The van der Waals surface area contributed by atoms with Gasteiger partial charge in [0.2, 0.25) is 5.95 Å². The number of fused-ring (bicyclic) bond motifs is 1. The van der Waals surface area contributed by atoms with Crippen LogP contribution >= 0.6 is 0 Å². The molecule has 176 valence electrons. The number of H-pyrrole nitrogens is 1. The summed E-state index contributed by atoms with van der Waals surface area (Å²) in [5.74, 6) is 2.62. The number of ether oxygens (including phenoxy) is 1. The number of anilines is 3. The van der Waals surface area contributed by atoms with Crippen LogP contribution in [0.1, 0.15) is 19.5 Å². The Morgan fingerprint density at radius 2 is 1.85 bits per heavy atom. The van der Waals surface area contributed by atoms with Crippen LogP contribution in [-0.2, 0) is 4.79 Å². The van der Waals surface area contributed by atoms with E-state index < -0.39 is 5.60 Å². The lowest BCUT2D eigenvalue weighted by atomic mass is 10.1. The van der Waals surface area contributed by atoms with E-state index in [0.29, 0.717) is 49.5 Å². The summed E-state index contributed by atoms with van der Waals surface area (Å²) in [6.45, 7) is 7.95. The fourth-order valence-electron chi connectivity index (χ4n) is 4.07. The molecule has 0 spiro atoms. The van der Waals surface area contributed by atoms with Crippen molar-refractivity contribution in [2.45, 2.75) is 26.4 Å². The van der Waals surface area contributed by atoms with Gasteiger partial charge in [0, 0.05) is 44.1 Å². The Morgan fingerprint density at radius 1 is 1.09 bits per heavy atom. The van der Waals surface area contributed by atoms with E-state index in [2.05, 4.69) is 25.5 Å². The molecule has 10 heteroatoms. The largest absolute Gasteiger partial charge is 0.478 e. The maximum atomic E-state index is 13.2. The summed E-state index contributed by atoms with van der Waals surface area (Å²) in [5, 5.41) is 15.1. The summed E-state index contributed by atoms with van der Waals surface area (Å²) in [7, 11) is 0. The minimum absolute atomic E-state index is 0.0333. The van der Waals surface area contributed by atoms with Gasteiger partial charge in [-0.3, -0.25) is 9.89 Å². The quantitative estimate of drug-likeness (QED) is 0.456. The number of hydrogen-bond donors (Lipinski definition) is 2. The number of amides is 1. The second-order valence-corrected chi connectivity index (χ2v) is 8.86. The van der Waals surface area contributed by atoms with Gasteiger partial charge in [0.15, 0.2) is 17.2 Å². The lowest BCUT2D eigenvalue weighted by molar-refractivity contribution is -0.145. The average molecular weight is 461 g/mol. The second-order valence-electron chi connectivity index (χ2n) is 8.86. The van der Waals surface area contributed by atoms with Crippen LogP contribution in [0.2, 0.25) is 0 Å². The van der Waals surface area contributed by atoms with Gasteiger partial charge in [-0.1, -0.05) is 18.2 Å².